The van der Waals surface area contributed by atoms with Crippen molar-refractivity contribution in [3.8, 4) is 0 Å². The fourth-order valence-corrected chi connectivity index (χ4v) is 3.68. The molecule has 1 aromatic rings. The molecule has 0 radical (unpaired) electrons. The lowest BCUT2D eigenvalue weighted by molar-refractivity contribution is -0.0840. The van der Waals surface area contributed by atoms with Crippen LogP contribution in [0.5, 0.6) is 0 Å². The van der Waals surface area contributed by atoms with Crippen LogP contribution in [-0.2, 0) is 11.2 Å². The SMILES string of the molecule is CCCCCCCCC(Cc1ccccc1)(OC(C)C)C(Cl)(Cl)Cl. The number of benzene rings is 1. The van der Waals surface area contributed by atoms with E-state index in [2.05, 4.69) is 19.1 Å². The molecule has 0 heterocycles. The summed E-state index contributed by atoms with van der Waals surface area (Å²) in [6.45, 7) is 6.22. The van der Waals surface area contributed by atoms with E-state index in [1.807, 2.05) is 32.0 Å². The molecular formula is C20H31Cl3O. The minimum atomic E-state index is -1.46. The summed E-state index contributed by atoms with van der Waals surface area (Å²) in [5.74, 6) is 0. The van der Waals surface area contributed by atoms with Crippen LogP contribution in [0, 0.1) is 0 Å². The highest BCUT2D eigenvalue weighted by Gasteiger charge is 2.49. The Labute approximate surface area is 163 Å². The number of unbranched alkanes of at least 4 members (excludes halogenated alkanes) is 5. The second-order valence-electron chi connectivity index (χ2n) is 6.84. The second-order valence-corrected chi connectivity index (χ2v) is 9.12. The lowest BCUT2D eigenvalue weighted by atomic mass is 9.89. The van der Waals surface area contributed by atoms with Crippen molar-refractivity contribution in [1.82, 2.24) is 0 Å². The molecular weight excluding hydrogens is 363 g/mol. The first-order chi connectivity index (χ1) is 11.3. The van der Waals surface area contributed by atoms with Gasteiger partial charge in [-0.25, -0.2) is 0 Å². The summed E-state index contributed by atoms with van der Waals surface area (Å²) in [5.41, 5.74) is 0.341. The van der Waals surface area contributed by atoms with E-state index >= 15 is 0 Å². The molecule has 1 atom stereocenters. The molecule has 0 aliphatic rings. The smallest absolute Gasteiger partial charge is 0.219 e. The molecule has 138 valence electrons. The summed E-state index contributed by atoms with van der Waals surface area (Å²) in [6.07, 6.45) is 8.59. The van der Waals surface area contributed by atoms with Gasteiger partial charge in [0.1, 0.15) is 5.60 Å². The van der Waals surface area contributed by atoms with Gasteiger partial charge in [-0.1, -0.05) is 111 Å². The number of rotatable bonds is 11. The Morgan fingerprint density at radius 3 is 2.04 bits per heavy atom. The molecule has 0 aliphatic carbocycles. The summed E-state index contributed by atoms with van der Waals surface area (Å²) in [4.78, 5) is 0. The lowest BCUT2D eigenvalue weighted by Gasteiger charge is -2.41. The van der Waals surface area contributed by atoms with Gasteiger partial charge in [0.05, 0.1) is 6.10 Å². The van der Waals surface area contributed by atoms with Gasteiger partial charge in [0, 0.05) is 6.42 Å². The van der Waals surface area contributed by atoms with Crippen molar-refractivity contribution < 1.29 is 4.74 Å². The van der Waals surface area contributed by atoms with Gasteiger partial charge in [-0.3, -0.25) is 0 Å². The molecule has 0 amide bonds. The average Bonchev–Trinajstić information content (AvgIpc) is 2.50. The third kappa shape index (κ3) is 7.52. The Morgan fingerprint density at radius 1 is 0.917 bits per heavy atom. The Kier molecular flexibility index (Phi) is 10.0. The fourth-order valence-electron chi connectivity index (χ4n) is 3.07. The van der Waals surface area contributed by atoms with E-state index in [0.717, 1.165) is 24.8 Å². The first kappa shape index (κ1) is 22.1. The van der Waals surface area contributed by atoms with Crippen molar-refractivity contribution in [3.05, 3.63) is 35.9 Å². The highest BCUT2D eigenvalue weighted by molar-refractivity contribution is 6.68. The largest absolute Gasteiger partial charge is 0.368 e. The van der Waals surface area contributed by atoms with Crippen LogP contribution in [0.15, 0.2) is 30.3 Å². The number of ether oxygens (including phenoxy) is 1. The predicted octanol–water partition coefficient (Wildman–Crippen LogP) is 7.51. The van der Waals surface area contributed by atoms with E-state index in [4.69, 9.17) is 39.5 Å². The second kappa shape index (κ2) is 10.9. The normalized spacial score (nSPS) is 14.8. The summed E-state index contributed by atoms with van der Waals surface area (Å²) in [7, 11) is 0. The predicted molar refractivity (Wildman–Crippen MR) is 107 cm³/mol. The summed E-state index contributed by atoms with van der Waals surface area (Å²) in [6, 6.07) is 10.2. The minimum absolute atomic E-state index is 0.00410. The van der Waals surface area contributed by atoms with Crippen LogP contribution in [-0.4, -0.2) is 15.5 Å². The summed E-state index contributed by atoms with van der Waals surface area (Å²) in [5, 5.41) is 0. The standard InChI is InChI=1S/C20H31Cl3O/c1-4-5-6-7-8-12-15-19(20(21,22)23,24-17(2)3)16-18-13-10-9-11-14-18/h9-11,13-14,17H,4-8,12,15-16H2,1-3H3. The van der Waals surface area contributed by atoms with Crippen molar-refractivity contribution >= 4 is 34.8 Å². The molecule has 0 spiro atoms. The maximum Gasteiger partial charge on any atom is 0.219 e. The van der Waals surface area contributed by atoms with Crippen LogP contribution >= 0.6 is 34.8 Å². The van der Waals surface area contributed by atoms with Gasteiger partial charge < -0.3 is 4.74 Å². The molecule has 4 heteroatoms. The van der Waals surface area contributed by atoms with Crippen molar-refractivity contribution in [3.63, 3.8) is 0 Å². The Hall–Kier alpha value is 0.0500. The molecule has 1 rings (SSSR count). The zero-order valence-corrected chi connectivity index (χ0v) is 17.4. The van der Waals surface area contributed by atoms with Crippen molar-refractivity contribution in [2.24, 2.45) is 0 Å². The van der Waals surface area contributed by atoms with Crippen molar-refractivity contribution in [2.45, 2.75) is 87.6 Å². The number of halogens is 3. The van der Waals surface area contributed by atoms with E-state index in [1.54, 1.807) is 0 Å². The van der Waals surface area contributed by atoms with Crippen LogP contribution in [0.25, 0.3) is 0 Å². The van der Waals surface area contributed by atoms with Crippen LogP contribution in [0.3, 0.4) is 0 Å². The van der Waals surface area contributed by atoms with Gasteiger partial charge in [0.15, 0.2) is 0 Å². The number of hydrogen-bond acceptors (Lipinski definition) is 1. The topological polar surface area (TPSA) is 9.23 Å². The maximum atomic E-state index is 6.42. The highest BCUT2D eigenvalue weighted by atomic mass is 35.6. The summed E-state index contributed by atoms with van der Waals surface area (Å²) >= 11 is 19.3. The molecule has 0 saturated heterocycles. The van der Waals surface area contributed by atoms with Gasteiger partial charge >= 0.3 is 0 Å². The van der Waals surface area contributed by atoms with E-state index in [1.165, 1.54) is 25.7 Å². The molecule has 0 aliphatic heterocycles. The fraction of sp³-hybridized carbons (Fsp3) is 0.700. The van der Waals surface area contributed by atoms with Gasteiger partial charge in [0.25, 0.3) is 0 Å². The monoisotopic (exact) mass is 392 g/mol. The zero-order valence-electron chi connectivity index (χ0n) is 15.2. The molecule has 1 aromatic carbocycles. The van der Waals surface area contributed by atoms with E-state index < -0.39 is 9.39 Å². The van der Waals surface area contributed by atoms with Gasteiger partial charge in [0.2, 0.25) is 3.79 Å². The Bertz CT molecular complexity index is 442. The highest BCUT2D eigenvalue weighted by Crippen LogP contribution is 2.46. The molecule has 1 nitrogen and oxygen atoms in total. The van der Waals surface area contributed by atoms with Crippen LogP contribution in [0.4, 0.5) is 0 Å². The van der Waals surface area contributed by atoms with Gasteiger partial charge in [-0.2, -0.15) is 0 Å². The number of alkyl halides is 3. The van der Waals surface area contributed by atoms with E-state index in [9.17, 15) is 0 Å². The molecule has 24 heavy (non-hydrogen) atoms. The van der Waals surface area contributed by atoms with Crippen LogP contribution < -0.4 is 0 Å². The summed E-state index contributed by atoms with van der Waals surface area (Å²) < 4.78 is 4.78. The molecule has 0 fully saturated rings. The van der Waals surface area contributed by atoms with Crippen LogP contribution in [0.2, 0.25) is 0 Å². The van der Waals surface area contributed by atoms with E-state index in [-0.39, 0.29) is 6.10 Å². The van der Waals surface area contributed by atoms with Gasteiger partial charge in [-0.05, 0) is 25.8 Å². The third-order valence-electron chi connectivity index (χ3n) is 4.24. The quantitative estimate of drug-likeness (QED) is 0.279. The Morgan fingerprint density at radius 2 is 1.50 bits per heavy atom. The average molecular weight is 394 g/mol. The first-order valence-electron chi connectivity index (χ1n) is 9.09. The molecule has 0 aromatic heterocycles. The molecule has 1 unspecified atom stereocenters. The first-order valence-corrected chi connectivity index (χ1v) is 10.2. The minimum Gasteiger partial charge on any atom is -0.368 e. The maximum absolute atomic E-state index is 6.42. The zero-order chi connectivity index (χ0) is 18.1. The van der Waals surface area contributed by atoms with Gasteiger partial charge in [-0.15, -0.1) is 0 Å². The molecule has 0 saturated carbocycles. The number of hydrogen-bond donors (Lipinski definition) is 0. The lowest BCUT2D eigenvalue weighted by Crippen LogP contribution is -2.49. The van der Waals surface area contributed by atoms with Crippen molar-refractivity contribution in [1.29, 1.82) is 0 Å². The molecule has 0 N–H and O–H groups in total. The van der Waals surface area contributed by atoms with Crippen LogP contribution in [0.1, 0.15) is 71.3 Å². The third-order valence-corrected chi connectivity index (χ3v) is 5.28. The van der Waals surface area contributed by atoms with Crippen molar-refractivity contribution in [2.75, 3.05) is 0 Å². The molecule has 0 bridgehead atoms. The van der Waals surface area contributed by atoms with E-state index in [0.29, 0.717) is 6.42 Å². The Balaban J connectivity index is 2.83.